The molecule has 2 aromatic carbocycles. The third-order valence-electron chi connectivity index (χ3n) is 5.98. The topological polar surface area (TPSA) is 32.7 Å². The van der Waals surface area contributed by atoms with E-state index in [2.05, 4.69) is 56.9 Å². The second-order valence-electron chi connectivity index (χ2n) is 9.71. The molecule has 30 heavy (non-hydrogen) atoms. The van der Waals surface area contributed by atoms with E-state index in [0.717, 1.165) is 50.2 Å². The Balaban J connectivity index is 1.57. The highest BCUT2D eigenvalue weighted by atomic mass is 16.5. The van der Waals surface area contributed by atoms with E-state index in [4.69, 9.17) is 4.74 Å². The van der Waals surface area contributed by atoms with Crippen molar-refractivity contribution in [3.05, 3.63) is 65.2 Å². The molecule has 2 unspecified atom stereocenters. The lowest BCUT2D eigenvalue weighted by atomic mass is 9.79. The normalized spacial score (nSPS) is 18.8. The molecule has 0 bridgehead atoms. The molecule has 0 radical (unpaired) electrons. The number of aryl methyl sites for hydroxylation is 1. The molecular weight excluding hydrogens is 370 g/mol. The molecule has 3 rings (SSSR count). The molecule has 0 saturated heterocycles. The zero-order valence-corrected chi connectivity index (χ0v) is 19.2. The van der Waals surface area contributed by atoms with Gasteiger partial charge in [-0.25, -0.2) is 0 Å². The predicted molar refractivity (Wildman–Crippen MR) is 125 cm³/mol. The molecule has 0 spiro atoms. The van der Waals surface area contributed by atoms with E-state index in [9.17, 15) is 5.11 Å². The van der Waals surface area contributed by atoms with E-state index in [0.29, 0.717) is 24.4 Å². The molecule has 0 fully saturated rings. The van der Waals surface area contributed by atoms with Crippen LogP contribution in [0.15, 0.2) is 48.5 Å². The van der Waals surface area contributed by atoms with E-state index < -0.39 is 0 Å². The fourth-order valence-corrected chi connectivity index (χ4v) is 4.61. The van der Waals surface area contributed by atoms with Gasteiger partial charge in [-0.3, -0.25) is 0 Å². The van der Waals surface area contributed by atoms with Crippen molar-refractivity contribution in [1.82, 2.24) is 4.90 Å². The molecule has 2 atom stereocenters. The Hall–Kier alpha value is -1.84. The summed E-state index contributed by atoms with van der Waals surface area (Å²) in [5, 5.41) is 11.0. The number of aliphatic hydroxyl groups excluding tert-OH is 1. The summed E-state index contributed by atoms with van der Waals surface area (Å²) >= 11 is 0. The van der Waals surface area contributed by atoms with E-state index in [1.807, 2.05) is 24.3 Å². The van der Waals surface area contributed by atoms with Gasteiger partial charge in [-0.1, -0.05) is 64.1 Å². The van der Waals surface area contributed by atoms with Crippen molar-refractivity contribution in [3.63, 3.8) is 0 Å². The number of hydrogen-bond acceptors (Lipinski definition) is 3. The van der Waals surface area contributed by atoms with Crippen LogP contribution in [0.25, 0.3) is 0 Å². The van der Waals surface area contributed by atoms with Crippen molar-refractivity contribution < 1.29 is 9.84 Å². The molecular formula is C27H39NO2. The van der Waals surface area contributed by atoms with Gasteiger partial charge in [-0.15, -0.1) is 0 Å². The van der Waals surface area contributed by atoms with Crippen molar-refractivity contribution >= 4 is 0 Å². The minimum atomic E-state index is -0.364. The molecule has 0 saturated carbocycles. The van der Waals surface area contributed by atoms with Crippen LogP contribution in [0.4, 0.5) is 0 Å². The van der Waals surface area contributed by atoms with Crippen LogP contribution in [0, 0.1) is 17.8 Å². The molecule has 1 aliphatic rings. The molecule has 1 aliphatic carbocycles. The first kappa shape index (κ1) is 22.8. The van der Waals surface area contributed by atoms with Gasteiger partial charge in [0.15, 0.2) is 0 Å². The number of hydrogen-bond donors (Lipinski definition) is 1. The number of fused-ring (bicyclic) bond motifs is 1. The maximum absolute atomic E-state index is 11.0. The monoisotopic (exact) mass is 409 g/mol. The maximum atomic E-state index is 11.0. The third-order valence-corrected chi connectivity index (χ3v) is 5.98. The van der Waals surface area contributed by atoms with Crippen LogP contribution in [0.2, 0.25) is 0 Å². The molecule has 0 aliphatic heterocycles. The summed E-state index contributed by atoms with van der Waals surface area (Å²) in [4.78, 5) is 2.58. The van der Waals surface area contributed by atoms with Crippen LogP contribution >= 0.6 is 0 Å². The second-order valence-corrected chi connectivity index (χ2v) is 9.71. The second kappa shape index (κ2) is 11.0. The fraction of sp³-hybridized carbons (Fsp3) is 0.556. The molecule has 0 heterocycles. The van der Waals surface area contributed by atoms with Crippen LogP contribution in [0.5, 0.6) is 5.75 Å². The minimum absolute atomic E-state index is 0.343. The summed E-state index contributed by atoms with van der Waals surface area (Å²) < 4.78 is 5.98. The highest BCUT2D eigenvalue weighted by Crippen LogP contribution is 2.38. The van der Waals surface area contributed by atoms with Crippen LogP contribution < -0.4 is 4.74 Å². The fourth-order valence-electron chi connectivity index (χ4n) is 4.61. The van der Waals surface area contributed by atoms with Crippen molar-refractivity contribution in [2.75, 3.05) is 19.6 Å². The van der Waals surface area contributed by atoms with Crippen molar-refractivity contribution in [1.29, 1.82) is 0 Å². The Morgan fingerprint density at radius 2 is 1.70 bits per heavy atom. The van der Waals surface area contributed by atoms with Crippen molar-refractivity contribution in [2.24, 2.45) is 17.8 Å². The largest absolute Gasteiger partial charge is 0.489 e. The van der Waals surface area contributed by atoms with Crippen LogP contribution in [0.3, 0.4) is 0 Å². The van der Waals surface area contributed by atoms with E-state index in [1.54, 1.807) is 0 Å². The smallest absolute Gasteiger partial charge is 0.120 e. The predicted octanol–water partition coefficient (Wildman–Crippen LogP) is 5.87. The standard InChI is InChI=1S/C27H39NO2/c1-20(2)17-28(18-21(3)4)15-14-23-10-11-24-16-25(12-13-26(24)27(23)29)30-19-22-8-6-5-7-9-22/h5-9,12-13,16,20-21,23,27,29H,10-11,14-15,17-19H2,1-4H3. The summed E-state index contributed by atoms with van der Waals surface area (Å²) in [6.07, 6.45) is 2.77. The van der Waals surface area contributed by atoms with Gasteiger partial charge in [0.2, 0.25) is 0 Å². The molecule has 3 nitrogen and oxygen atoms in total. The molecule has 0 amide bonds. The van der Waals surface area contributed by atoms with Gasteiger partial charge >= 0.3 is 0 Å². The Bertz CT molecular complexity index is 762. The lowest BCUT2D eigenvalue weighted by Gasteiger charge is -2.33. The third kappa shape index (κ3) is 6.58. The highest BCUT2D eigenvalue weighted by Gasteiger charge is 2.28. The average Bonchev–Trinajstić information content (AvgIpc) is 2.71. The average molecular weight is 410 g/mol. The Labute approximate surface area is 183 Å². The van der Waals surface area contributed by atoms with Gasteiger partial charge in [0.05, 0.1) is 6.10 Å². The Morgan fingerprint density at radius 1 is 1.00 bits per heavy atom. The zero-order valence-electron chi connectivity index (χ0n) is 19.2. The first-order valence-electron chi connectivity index (χ1n) is 11.6. The number of ether oxygens (including phenoxy) is 1. The number of benzene rings is 2. The van der Waals surface area contributed by atoms with Crippen LogP contribution in [-0.2, 0) is 13.0 Å². The summed E-state index contributed by atoms with van der Waals surface area (Å²) in [6, 6.07) is 16.5. The summed E-state index contributed by atoms with van der Waals surface area (Å²) in [5.41, 5.74) is 3.51. The quantitative estimate of drug-likeness (QED) is 0.533. The maximum Gasteiger partial charge on any atom is 0.120 e. The summed E-state index contributed by atoms with van der Waals surface area (Å²) in [7, 11) is 0. The minimum Gasteiger partial charge on any atom is -0.489 e. The SMILES string of the molecule is CC(C)CN(CCC1CCc2cc(OCc3ccccc3)ccc2C1O)CC(C)C. The number of nitrogens with zero attached hydrogens (tertiary/aromatic N) is 1. The van der Waals surface area contributed by atoms with Gasteiger partial charge < -0.3 is 14.7 Å². The van der Waals surface area contributed by atoms with Gasteiger partial charge in [0, 0.05) is 13.1 Å². The lowest BCUT2D eigenvalue weighted by molar-refractivity contribution is 0.0774. The number of aliphatic hydroxyl groups is 1. The summed E-state index contributed by atoms with van der Waals surface area (Å²) in [6.45, 7) is 13.1. The van der Waals surface area contributed by atoms with Gasteiger partial charge in [0.1, 0.15) is 12.4 Å². The van der Waals surface area contributed by atoms with Crippen molar-refractivity contribution in [3.8, 4) is 5.75 Å². The van der Waals surface area contributed by atoms with Gasteiger partial charge in [-0.05, 0) is 72.4 Å². The molecule has 1 N–H and O–H groups in total. The van der Waals surface area contributed by atoms with Crippen molar-refractivity contribution in [2.45, 2.75) is 59.7 Å². The molecule has 3 heteroatoms. The first-order chi connectivity index (χ1) is 14.4. The van der Waals surface area contributed by atoms with Crippen LogP contribution in [-0.4, -0.2) is 29.6 Å². The van der Waals surface area contributed by atoms with Crippen LogP contribution in [0.1, 0.15) is 63.3 Å². The zero-order chi connectivity index (χ0) is 21.5. The summed E-state index contributed by atoms with van der Waals surface area (Å²) in [5.74, 6) is 2.59. The van der Waals surface area contributed by atoms with Gasteiger partial charge in [0.25, 0.3) is 0 Å². The van der Waals surface area contributed by atoms with E-state index in [1.165, 1.54) is 11.1 Å². The first-order valence-corrected chi connectivity index (χ1v) is 11.6. The highest BCUT2D eigenvalue weighted by molar-refractivity contribution is 5.39. The number of rotatable bonds is 10. The van der Waals surface area contributed by atoms with E-state index in [-0.39, 0.29) is 6.10 Å². The van der Waals surface area contributed by atoms with E-state index >= 15 is 0 Å². The Morgan fingerprint density at radius 3 is 2.37 bits per heavy atom. The van der Waals surface area contributed by atoms with Gasteiger partial charge in [-0.2, -0.15) is 0 Å². The lowest BCUT2D eigenvalue weighted by Crippen LogP contribution is -2.34. The molecule has 164 valence electrons. The molecule has 2 aromatic rings. The Kier molecular flexibility index (Phi) is 8.35. The molecule has 0 aromatic heterocycles.